The van der Waals surface area contributed by atoms with Crippen LogP contribution in [0.25, 0.3) is 0 Å². The van der Waals surface area contributed by atoms with E-state index in [1.54, 1.807) is 0 Å². The molecule has 0 heterocycles. The lowest BCUT2D eigenvalue weighted by Crippen LogP contribution is -2.40. The highest BCUT2D eigenvalue weighted by Crippen LogP contribution is 2.48. The molecule has 0 spiro atoms. The van der Waals surface area contributed by atoms with Crippen LogP contribution in [-0.2, 0) is 14.4 Å². The van der Waals surface area contributed by atoms with E-state index in [0.29, 0.717) is 6.42 Å². The molecule has 3 N–H and O–H groups in total. The van der Waals surface area contributed by atoms with Gasteiger partial charge in [0.05, 0.1) is 18.3 Å². The summed E-state index contributed by atoms with van der Waals surface area (Å²) in [6.07, 6.45) is 4.31. The molecule has 1 amide bonds. The van der Waals surface area contributed by atoms with Gasteiger partial charge < -0.3 is 15.5 Å². The van der Waals surface area contributed by atoms with Crippen LogP contribution >= 0.6 is 0 Å². The number of nitrogens with one attached hydrogen (secondary N) is 1. The standard InChI is InChI=1S/C12H15NO5/c14-8(15)3-4-13-11(16)9-6-1-2-7(5-6)10(9)12(17)18/h1-2,6-7,9-10H,3-5H2,(H,13,16)(H,14,15)(H,17,18). The summed E-state index contributed by atoms with van der Waals surface area (Å²) in [5.74, 6) is -3.62. The molecule has 4 unspecified atom stereocenters. The summed E-state index contributed by atoms with van der Waals surface area (Å²) in [5, 5.41) is 20.1. The monoisotopic (exact) mass is 253 g/mol. The van der Waals surface area contributed by atoms with Crippen molar-refractivity contribution in [3.05, 3.63) is 12.2 Å². The number of aliphatic carboxylic acids is 2. The second-order valence-electron chi connectivity index (χ2n) is 4.77. The zero-order valence-electron chi connectivity index (χ0n) is 9.70. The van der Waals surface area contributed by atoms with E-state index in [9.17, 15) is 14.4 Å². The smallest absolute Gasteiger partial charge is 0.307 e. The van der Waals surface area contributed by atoms with Crippen LogP contribution in [0, 0.1) is 23.7 Å². The van der Waals surface area contributed by atoms with Gasteiger partial charge in [-0.2, -0.15) is 0 Å². The summed E-state index contributed by atoms with van der Waals surface area (Å²) >= 11 is 0. The maximum absolute atomic E-state index is 11.9. The molecule has 0 aromatic carbocycles. The van der Waals surface area contributed by atoms with Crippen molar-refractivity contribution >= 4 is 17.8 Å². The highest BCUT2D eigenvalue weighted by molar-refractivity contribution is 5.87. The first-order valence-corrected chi connectivity index (χ1v) is 5.91. The van der Waals surface area contributed by atoms with Crippen LogP contribution in [0.5, 0.6) is 0 Å². The van der Waals surface area contributed by atoms with Crippen LogP contribution in [-0.4, -0.2) is 34.6 Å². The molecule has 0 radical (unpaired) electrons. The third-order valence-electron chi connectivity index (χ3n) is 3.69. The van der Waals surface area contributed by atoms with Gasteiger partial charge in [-0.05, 0) is 18.3 Å². The van der Waals surface area contributed by atoms with Crippen molar-refractivity contribution in [3.63, 3.8) is 0 Å². The highest BCUT2D eigenvalue weighted by atomic mass is 16.4. The number of carboxylic acid groups (broad SMARTS) is 2. The van der Waals surface area contributed by atoms with Gasteiger partial charge in [-0.15, -0.1) is 0 Å². The average Bonchev–Trinajstić information content (AvgIpc) is 2.87. The maximum Gasteiger partial charge on any atom is 0.307 e. The molecule has 0 aromatic heterocycles. The number of carbonyl (C=O) groups is 3. The molecule has 6 nitrogen and oxygen atoms in total. The lowest BCUT2D eigenvalue weighted by molar-refractivity contribution is -0.148. The van der Waals surface area contributed by atoms with E-state index in [2.05, 4.69) is 5.32 Å². The Morgan fingerprint density at radius 2 is 1.72 bits per heavy atom. The first-order chi connectivity index (χ1) is 8.50. The molecule has 0 aromatic rings. The van der Waals surface area contributed by atoms with Gasteiger partial charge >= 0.3 is 11.9 Å². The second-order valence-corrected chi connectivity index (χ2v) is 4.77. The summed E-state index contributed by atoms with van der Waals surface area (Å²) in [4.78, 5) is 33.5. The quantitative estimate of drug-likeness (QED) is 0.603. The van der Waals surface area contributed by atoms with Crippen LogP contribution < -0.4 is 5.32 Å². The Balaban J connectivity index is 1.98. The van der Waals surface area contributed by atoms with Crippen molar-refractivity contribution in [2.45, 2.75) is 12.8 Å². The zero-order valence-corrected chi connectivity index (χ0v) is 9.70. The van der Waals surface area contributed by atoms with Gasteiger partial charge in [-0.25, -0.2) is 0 Å². The molecule has 2 aliphatic carbocycles. The van der Waals surface area contributed by atoms with E-state index in [1.165, 1.54) is 0 Å². The summed E-state index contributed by atoms with van der Waals surface area (Å²) in [7, 11) is 0. The number of hydrogen-bond donors (Lipinski definition) is 3. The number of carboxylic acids is 2. The minimum absolute atomic E-state index is 0.0269. The number of rotatable bonds is 5. The van der Waals surface area contributed by atoms with Crippen LogP contribution in [0.15, 0.2) is 12.2 Å². The number of allylic oxidation sites excluding steroid dienone is 2. The van der Waals surface area contributed by atoms with E-state index in [4.69, 9.17) is 10.2 Å². The molecular weight excluding hydrogens is 238 g/mol. The van der Waals surface area contributed by atoms with Crippen molar-refractivity contribution in [2.24, 2.45) is 23.7 Å². The Labute approximate surface area is 104 Å². The van der Waals surface area contributed by atoms with Gasteiger partial charge in [0.25, 0.3) is 0 Å². The number of hydrogen-bond acceptors (Lipinski definition) is 3. The predicted molar refractivity (Wildman–Crippen MR) is 60.6 cm³/mol. The lowest BCUT2D eigenvalue weighted by Gasteiger charge is -2.23. The Morgan fingerprint density at radius 3 is 2.28 bits per heavy atom. The average molecular weight is 253 g/mol. The third kappa shape index (κ3) is 2.23. The van der Waals surface area contributed by atoms with Crippen molar-refractivity contribution in [1.82, 2.24) is 5.32 Å². The fourth-order valence-corrected chi connectivity index (χ4v) is 2.93. The first kappa shape index (κ1) is 12.6. The highest BCUT2D eigenvalue weighted by Gasteiger charge is 2.51. The van der Waals surface area contributed by atoms with Crippen molar-refractivity contribution < 1.29 is 24.6 Å². The van der Waals surface area contributed by atoms with Gasteiger partial charge in [0.15, 0.2) is 0 Å². The number of fused-ring (bicyclic) bond motifs is 2. The molecule has 98 valence electrons. The minimum atomic E-state index is -0.988. The predicted octanol–water partition coefficient (Wildman–Crippen LogP) is 0.100. The maximum atomic E-state index is 11.9. The van der Waals surface area contributed by atoms with Crippen LogP contribution in [0.1, 0.15) is 12.8 Å². The van der Waals surface area contributed by atoms with Crippen LogP contribution in [0.3, 0.4) is 0 Å². The Morgan fingerprint density at radius 1 is 1.11 bits per heavy atom. The number of carbonyl (C=O) groups excluding carboxylic acids is 1. The largest absolute Gasteiger partial charge is 0.481 e. The fourth-order valence-electron chi connectivity index (χ4n) is 2.93. The summed E-state index contributed by atoms with van der Waals surface area (Å²) in [5.41, 5.74) is 0. The molecule has 6 heteroatoms. The van der Waals surface area contributed by atoms with Crippen molar-refractivity contribution in [1.29, 1.82) is 0 Å². The van der Waals surface area contributed by atoms with Gasteiger partial charge in [0.1, 0.15) is 0 Å². The Hall–Kier alpha value is -1.85. The SMILES string of the molecule is O=C(O)CCNC(=O)C1C2C=CC(C2)C1C(=O)O. The summed E-state index contributed by atoms with van der Waals surface area (Å²) in [6, 6.07) is 0. The van der Waals surface area contributed by atoms with Gasteiger partial charge in [-0.1, -0.05) is 12.2 Å². The van der Waals surface area contributed by atoms with E-state index in [-0.39, 0.29) is 30.7 Å². The summed E-state index contributed by atoms with van der Waals surface area (Å²) < 4.78 is 0. The fraction of sp³-hybridized carbons (Fsp3) is 0.583. The molecule has 4 atom stereocenters. The van der Waals surface area contributed by atoms with E-state index < -0.39 is 23.8 Å². The Bertz CT molecular complexity index is 417. The lowest BCUT2D eigenvalue weighted by atomic mass is 9.82. The molecule has 2 bridgehead atoms. The topological polar surface area (TPSA) is 104 Å². The van der Waals surface area contributed by atoms with Crippen LogP contribution in [0.4, 0.5) is 0 Å². The third-order valence-corrected chi connectivity index (χ3v) is 3.69. The molecule has 0 aliphatic heterocycles. The molecule has 1 fully saturated rings. The molecule has 2 rings (SSSR count). The van der Waals surface area contributed by atoms with Gasteiger partial charge in [0, 0.05) is 6.54 Å². The normalized spacial score (nSPS) is 32.4. The second kappa shape index (κ2) is 4.80. The van der Waals surface area contributed by atoms with Gasteiger partial charge in [0.2, 0.25) is 5.91 Å². The molecular formula is C12H15NO5. The Kier molecular flexibility index (Phi) is 3.36. The number of amides is 1. The van der Waals surface area contributed by atoms with Crippen molar-refractivity contribution in [2.75, 3.05) is 6.54 Å². The van der Waals surface area contributed by atoms with E-state index >= 15 is 0 Å². The molecule has 18 heavy (non-hydrogen) atoms. The van der Waals surface area contributed by atoms with Gasteiger partial charge in [-0.3, -0.25) is 14.4 Å². The van der Waals surface area contributed by atoms with Crippen LogP contribution in [0.2, 0.25) is 0 Å². The molecule has 2 aliphatic rings. The first-order valence-electron chi connectivity index (χ1n) is 5.91. The van der Waals surface area contributed by atoms with E-state index in [0.717, 1.165) is 0 Å². The zero-order chi connectivity index (χ0) is 13.3. The molecule has 0 saturated heterocycles. The van der Waals surface area contributed by atoms with E-state index in [1.807, 2.05) is 12.2 Å². The minimum Gasteiger partial charge on any atom is -0.481 e. The molecule has 1 saturated carbocycles. The summed E-state index contributed by atoms with van der Waals surface area (Å²) in [6.45, 7) is 0.0398. The van der Waals surface area contributed by atoms with Crippen molar-refractivity contribution in [3.8, 4) is 0 Å².